The number of thiophene rings is 1. The van der Waals surface area contributed by atoms with Gasteiger partial charge in [0, 0.05) is 36.4 Å². The predicted molar refractivity (Wildman–Crippen MR) is 101 cm³/mol. The molecule has 130 valence electrons. The molecule has 3 heterocycles. The topological polar surface area (TPSA) is 49.3 Å². The fraction of sp³-hybridized carbons (Fsp3) is 0.588. The molecule has 1 saturated heterocycles. The summed E-state index contributed by atoms with van der Waals surface area (Å²) in [5, 5.41) is 1.89. The van der Waals surface area contributed by atoms with E-state index in [4.69, 9.17) is 0 Å². The molecule has 2 aromatic heterocycles. The molecule has 0 bridgehead atoms. The van der Waals surface area contributed by atoms with Crippen molar-refractivity contribution in [1.29, 1.82) is 0 Å². The second-order valence-corrected chi connectivity index (χ2v) is 8.69. The van der Waals surface area contributed by atoms with Crippen LogP contribution in [0.4, 0.5) is 0 Å². The Morgan fingerprint density at radius 2 is 2.04 bits per heavy atom. The lowest BCUT2D eigenvalue weighted by Crippen LogP contribution is -2.49. The second-order valence-electron chi connectivity index (χ2n) is 6.25. The van der Waals surface area contributed by atoms with Crippen molar-refractivity contribution < 1.29 is 4.79 Å². The van der Waals surface area contributed by atoms with Gasteiger partial charge in [0.1, 0.15) is 15.7 Å². The minimum Gasteiger partial charge on any atom is -0.339 e. The summed E-state index contributed by atoms with van der Waals surface area (Å²) in [5.41, 5.74) is 0. The lowest BCUT2D eigenvalue weighted by molar-refractivity contribution is -0.131. The highest BCUT2D eigenvalue weighted by Gasteiger charge is 2.25. The van der Waals surface area contributed by atoms with E-state index in [1.54, 1.807) is 23.1 Å². The lowest BCUT2D eigenvalue weighted by atomic mass is 10.3. The molecule has 24 heavy (non-hydrogen) atoms. The Hall–Kier alpha value is -1.18. The molecule has 0 spiro atoms. The molecule has 1 fully saturated rings. The monoisotopic (exact) mass is 364 g/mol. The summed E-state index contributed by atoms with van der Waals surface area (Å²) < 4.78 is 0. The predicted octanol–water partition coefficient (Wildman–Crippen LogP) is 2.82. The second kappa shape index (κ2) is 7.37. The van der Waals surface area contributed by atoms with Gasteiger partial charge < -0.3 is 9.80 Å². The van der Waals surface area contributed by atoms with E-state index in [1.165, 1.54) is 4.88 Å². The minimum absolute atomic E-state index is 0.129. The minimum atomic E-state index is -0.129. The van der Waals surface area contributed by atoms with Crippen LogP contribution in [0, 0.1) is 6.92 Å². The van der Waals surface area contributed by atoms with E-state index in [-0.39, 0.29) is 11.2 Å². The average Bonchev–Trinajstić information content (AvgIpc) is 2.98. The van der Waals surface area contributed by atoms with E-state index in [0.717, 1.165) is 53.7 Å². The zero-order chi connectivity index (χ0) is 17.3. The van der Waals surface area contributed by atoms with Gasteiger partial charge in [-0.3, -0.25) is 4.79 Å². The molecule has 1 unspecified atom stereocenters. The number of thioether (sulfide) groups is 1. The van der Waals surface area contributed by atoms with E-state index >= 15 is 0 Å². The van der Waals surface area contributed by atoms with Gasteiger partial charge in [-0.2, -0.15) is 0 Å². The van der Waals surface area contributed by atoms with Crippen molar-refractivity contribution in [1.82, 2.24) is 19.8 Å². The van der Waals surface area contributed by atoms with E-state index < -0.39 is 0 Å². The summed E-state index contributed by atoms with van der Waals surface area (Å²) in [4.78, 5) is 28.5. The third-order valence-electron chi connectivity index (χ3n) is 4.32. The Morgan fingerprint density at radius 3 is 2.71 bits per heavy atom. The third-order valence-corrected chi connectivity index (χ3v) is 6.58. The van der Waals surface area contributed by atoms with E-state index in [0.29, 0.717) is 0 Å². The van der Waals surface area contributed by atoms with Crippen molar-refractivity contribution in [2.24, 2.45) is 0 Å². The number of likely N-dealkylation sites (N-methyl/N-ethyl adjacent to an activating group) is 1. The zero-order valence-corrected chi connectivity index (χ0v) is 16.3. The first-order chi connectivity index (χ1) is 11.5. The molecule has 0 saturated carbocycles. The van der Waals surface area contributed by atoms with Gasteiger partial charge in [0.25, 0.3) is 0 Å². The Bertz CT molecular complexity index is 738. The molecule has 2 aromatic rings. The van der Waals surface area contributed by atoms with Crippen LogP contribution in [0.5, 0.6) is 0 Å². The number of fused-ring (bicyclic) bond motifs is 1. The van der Waals surface area contributed by atoms with Crippen molar-refractivity contribution in [3.63, 3.8) is 0 Å². The molecule has 1 atom stereocenters. The third kappa shape index (κ3) is 3.73. The number of hydrogen-bond donors (Lipinski definition) is 0. The molecule has 1 aliphatic rings. The van der Waals surface area contributed by atoms with E-state index in [2.05, 4.69) is 34.9 Å². The largest absolute Gasteiger partial charge is 0.339 e. The molecule has 0 N–H and O–H groups in total. The normalized spacial score (nSPS) is 17.4. The summed E-state index contributed by atoms with van der Waals surface area (Å²) in [6.45, 7) is 9.59. The molecule has 3 rings (SSSR count). The summed E-state index contributed by atoms with van der Waals surface area (Å²) in [5.74, 6) is 0.984. The van der Waals surface area contributed by atoms with Crippen molar-refractivity contribution in [3.8, 4) is 0 Å². The number of carbonyl (C=O) groups excluding carboxylic acids is 1. The first-order valence-electron chi connectivity index (χ1n) is 8.39. The van der Waals surface area contributed by atoms with Gasteiger partial charge in [0.05, 0.1) is 5.25 Å². The van der Waals surface area contributed by atoms with Crippen molar-refractivity contribution in [3.05, 3.63) is 16.8 Å². The molecule has 0 aliphatic carbocycles. The van der Waals surface area contributed by atoms with Gasteiger partial charge in [-0.15, -0.1) is 11.3 Å². The molecule has 0 aromatic carbocycles. The molecular weight excluding hydrogens is 340 g/mol. The van der Waals surface area contributed by atoms with Crippen molar-refractivity contribution >= 4 is 39.2 Å². The Morgan fingerprint density at radius 1 is 1.33 bits per heavy atom. The van der Waals surface area contributed by atoms with Crippen LogP contribution in [0.1, 0.15) is 24.5 Å². The maximum absolute atomic E-state index is 12.7. The Labute approximate surface area is 151 Å². The number of nitrogens with zero attached hydrogens (tertiary/aromatic N) is 4. The maximum atomic E-state index is 12.7. The number of piperazine rings is 1. The number of amides is 1. The summed E-state index contributed by atoms with van der Waals surface area (Å²) in [6.07, 6.45) is 1.000. The molecule has 1 amide bonds. The molecule has 1 aliphatic heterocycles. The highest BCUT2D eigenvalue weighted by molar-refractivity contribution is 8.00. The number of aryl methyl sites for hydroxylation is 2. The fourth-order valence-electron chi connectivity index (χ4n) is 2.81. The SMILES string of the molecule is CCc1cc2c(SC(C)C(=O)N3CCN(C)CC3)nc(C)nc2s1. The van der Waals surface area contributed by atoms with Crippen LogP contribution in [-0.4, -0.2) is 64.2 Å². The van der Waals surface area contributed by atoms with Crippen LogP contribution in [0.15, 0.2) is 11.1 Å². The van der Waals surface area contributed by atoms with Gasteiger partial charge in [0.2, 0.25) is 5.91 Å². The van der Waals surface area contributed by atoms with E-state index in [9.17, 15) is 4.79 Å². The zero-order valence-electron chi connectivity index (χ0n) is 14.7. The van der Waals surface area contributed by atoms with Crippen LogP contribution in [0.2, 0.25) is 0 Å². The summed E-state index contributed by atoms with van der Waals surface area (Å²) >= 11 is 3.29. The number of rotatable bonds is 4. The summed E-state index contributed by atoms with van der Waals surface area (Å²) in [7, 11) is 2.10. The van der Waals surface area contributed by atoms with Crippen LogP contribution in [0.25, 0.3) is 10.2 Å². The quantitative estimate of drug-likeness (QED) is 0.617. The van der Waals surface area contributed by atoms with Gasteiger partial charge in [0.15, 0.2) is 0 Å². The van der Waals surface area contributed by atoms with Crippen LogP contribution in [-0.2, 0) is 11.2 Å². The van der Waals surface area contributed by atoms with Crippen LogP contribution < -0.4 is 0 Å². The van der Waals surface area contributed by atoms with E-state index in [1.807, 2.05) is 18.7 Å². The van der Waals surface area contributed by atoms with Gasteiger partial charge in [-0.25, -0.2) is 9.97 Å². The van der Waals surface area contributed by atoms with Crippen LogP contribution >= 0.6 is 23.1 Å². The van der Waals surface area contributed by atoms with Gasteiger partial charge in [-0.05, 0) is 33.4 Å². The molecule has 0 radical (unpaired) electrons. The standard InChI is InChI=1S/C17H24N4OS2/c1-5-13-10-14-15(18-12(3)19-16(14)24-13)23-11(2)17(22)21-8-6-20(4)7-9-21/h10-11H,5-9H2,1-4H3. The molecular formula is C17H24N4OS2. The number of carbonyl (C=O) groups is 1. The highest BCUT2D eigenvalue weighted by atomic mass is 32.2. The smallest absolute Gasteiger partial charge is 0.235 e. The number of hydrogen-bond acceptors (Lipinski definition) is 6. The van der Waals surface area contributed by atoms with Crippen LogP contribution in [0.3, 0.4) is 0 Å². The fourth-order valence-corrected chi connectivity index (χ4v) is 4.94. The molecule has 5 nitrogen and oxygen atoms in total. The van der Waals surface area contributed by atoms with Crippen molar-refractivity contribution in [2.45, 2.75) is 37.5 Å². The Balaban J connectivity index is 1.78. The first kappa shape index (κ1) is 17.6. The average molecular weight is 365 g/mol. The maximum Gasteiger partial charge on any atom is 0.235 e. The van der Waals surface area contributed by atoms with Gasteiger partial charge >= 0.3 is 0 Å². The lowest BCUT2D eigenvalue weighted by Gasteiger charge is -2.33. The first-order valence-corrected chi connectivity index (χ1v) is 10.1. The van der Waals surface area contributed by atoms with Gasteiger partial charge in [-0.1, -0.05) is 18.7 Å². The Kier molecular flexibility index (Phi) is 5.42. The number of aromatic nitrogens is 2. The van der Waals surface area contributed by atoms with Crippen molar-refractivity contribution in [2.75, 3.05) is 33.2 Å². The summed E-state index contributed by atoms with van der Waals surface area (Å²) in [6, 6.07) is 2.18. The molecule has 7 heteroatoms. The highest BCUT2D eigenvalue weighted by Crippen LogP contribution is 2.34.